The highest BCUT2D eigenvalue weighted by Gasteiger charge is 2.25. The van der Waals surface area contributed by atoms with Crippen molar-refractivity contribution in [1.82, 2.24) is 4.31 Å². The van der Waals surface area contributed by atoms with E-state index in [4.69, 9.17) is 16.7 Å². The maximum atomic E-state index is 12.6. The topological polar surface area (TPSA) is 74.7 Å². The summed E-state index contributed by atoms with van der Waals surface area (Å²) in [6.45, 7) is 6.46. The number of carboxylic acids is 1. The van der Waals surface area contributed by atoms with E-state index in [2.05, 4.69) is 0 Å². The summed E-state index contributed by atoms with van der Waals surface area (Å²) in [6.07, 6.45) is 0.868. The van der Waals surface area contributed by atoms with Crippen molar-refractivity contribution in [3.63, 3.8) is 0 Å². The predicted octanol–water partition coefficient (Wildman–Crippen LogP) is 3.09. The van der Waals surface area contributed by atoms with Crippen LogP contribution < -0.4 is 0 Å². The van der Waals surface area contributed by atoms with Crippen LogP contribution in [-0.2, 0) is 10.0 Å². The molecule has 0 amide bonds. The molecule has 0 fully saturated rings. The standard InChI is InChI=1S/C14H20ClNO4S/c1-4-10(3)9-16(5-2)21(19,20)11-6-7-13(15)12(8-11)14(17)18/h6-8,10H,4-5,9H2,1-3H3,(H,17,18). The second kappa shape index (κ2) is 7.24. The van der Waals surface area contributed by atoms with Crippen molar-refractivity contribution in [2.24, 2.45) is 5.92 Å². The van der Waals surface area contributed by atoms with Crippen LogP contribution in [0.3, 0.4) is 0 Å². The molecule has 0 radical (unpaired) electrons. The lowest BCUT2D eigenvalue weighted by atomic mass is 10.1. The zero-order valence-corrected chi connectivity index (χ0v) is 13.9. The molecule has 0 spiro atoms. The minimum absolute atomic E-state index is 0.0198. The molecule has 0 saturated carbocycles. The highest BCUT2D eigenvalue weighted by molar-refractivity contribution is 7.89. The van der Waals surface area contributed by atoms with Crippen molar-refractivity contribution in [3.05, 3.63) is 28.8 Å². The summed E-state index contributed by atoms with van der Waals surface area (Å²) < 4.78 is 26.5. The number of halogens is 1. The Morgan fingerprint density at radius 3 is 2.48 bits per heavy atom. The molecule has 21 heavy (non-hydrogen) atoms. The van der Waals surface area contributed by atoms with E-state index in [0.717, 1.165) is 12.5 Å². The molecule has 0 aliphatic rings. The van der Waals surface area contributed by atoms with Crippen LogP contribution in [0.5, 0.6) is 0 Å². The van der Waals surface area contributed by atoms with Crippen molar-refractivity contribution in [3.8, 4) is 0 Å². The van der Waals surface area contributed by atoms with Crippen LogP contribution in [0.15, 0.2) is 23.1 Å². The van der Waals surface area contributed by atoms with Gasteiger partial charge in [0, 0.05) is 13.1 Å². The van der Waals surface area contributed by atoms with Gasteiger partial charge in [0.25, 0.3) is 0 Å². The van der Waals surface area contributed by atoms with Gasteiger partial charge in [-0.05, 0) is 24.1 Å². The van der Waals surface area contributed by atoms with Gasteiger partial charge >= 0.3 is 5.97 Å². The summed E-state index contributed by atoms with van der Waals surface area (Å²) in [5.41, 5.74) is -0.211. The SMILES string of the molecule is CCC(C)CN(CC)S(=O)(=O)c1ccc(Cl)c(C(=O)O)c1. The first-order chi connectivity index (χ1) is 9.73. The van der Waals surface area contributed by atoms with Crippen LogP contribution >= 0.6 is 11.6 Å². The highest BCUT2D eigenvalue weighted by atomic mass is 35.5. The third-order valence-corrected chi connectivity index (χ3v) is 5.64. The van der Waals surface area contributed by atoms with Crippen molar-refractivity contribution >= 4 is 27.6 Å². The number of hydrogen-bond donors (Lipinski definition) is 1. The van der Waals surface area contributed by atoms with E-state index in [1.54, 1.807) is 6.92 Å². The van der Waals surface area contributed by atoms with Crippen molar-refractivity contribution in [2.75, 3.05) is 13.1 Å². The maximum absolute atomic E-state index is 12.6. The summed E-state index contributed by atoms with van der Waals surface area (Å²) in [7, 11) is -3.72. The van der Waals surface area contributed by atoms with Crippen molar-refractivity contribution < 1.29 is 18.3 Å². The molecule has 1 atom stereocenters. The largest absolute Gasteiger partial charge is 0.478 e. The first-order valence-electron chi connectivity index (χ1n) is 6.77. The molecule has 0 aromatic heterocycles. The second-order valence-electron chi connectivity index (χ2n) is 4.92. The first kappa shape index (κ1) is 17.9. The first-order valence-corrected chi connectivity index (χ1v) is 8.58. The average molecular weight is 334 g/mol. The summed E-state index contributed by atoms with van der Waals surface area (Å²) in [4.78, 5) is 11.0. The van der Waals surface area contributed by atoms with Crippen LogP contribution in [0.2, 0.25) is 5.02 Å². The molecule has 0 heterocycles. The Labute approximate surface area is 130 Å². The van der Waals surface area contributed by atoms with Crippen molar-refractivity contribution in [1.29, 1.82) is 0 Å². The maximum Gasteiger partial charge on any atom is 0.337 e. The van der Waals surface area contributed by atoms with Crippen LogP contribution in [0.25, 0.3) is 0 Å². The number of carboxylic acid groups (broad SMARTS) is 1. The summed E-state index contributed by atoms with van der Waals surface area (Å²) in [5.74, 6) is -1.02. The molecular weight excluding hydrogens is 314 g/mol. The molecule has 7 heteroatoms. The fourth-order valence-electron chi connectivity index (χ4n) is 1.85. The number of carbonyl (C=O) groups is 1. The Balaban J connectivity index is 3.23. The molecule has 118 valence electrons. The van der Waals surface area contributed by atoms with Crippen LogP contribution in [0, 0.1) is 5.92 Å². The zero-order chi connectivity index (χ0) is 16.2. The number of sulfonamides is 1. The van der Waals surface area contributed by atoms with Crippen LogP contribution in [-0.4, -0.2) is 36.9 Å². The Morgan fingerprint density at radius 2 is 2.00 bits per heavy atom. The normalized spacial score (nSPS) is 13.4. The number of aromatic carboxylic acids is 1. The molecule has 1 unspecified atom stereocenters. The lowest BCUT2D eigenvalue weighted by molar-refractivity contribution is 0.0697. The molecule has 1 aromatic carbocycles. The van der Waals surface area contributed by atoms with E-state index in [1.165, 1.54) is 16.4 Å². The van der Waals surface area contributed by atoms with Crippen molar-refractivity contribution in [2.45, 2.75) is 32.1 Å². The molecule has 0 aliphatic heterocycles. The van der Waals surface area contributed by atoms with Gasteiger partial charge in [-0.15, -0.1) is 0 Å². The molecule has 0 saturated heterocycles. The molecule has 0 aliphatic carbocycles. The van der Waals surface area contributed by atoms with E-state index in [1.807, 2.05) is 13.8 Å². The minimum Gasteiger partial charge on any atom is -0.478 e. The number of benzene rings is 1. The quantitative estimate of drug-likeness (QED) is 0.832. The smallest absolute Gasteiger partial charge is 0.337 e. The van der Waals surface area contributed by atoms with Crippen LogP contribution in [0.4, 0.5) is 0 Å². The molecule has 5 nitrogen and oxygen atoms in total. The Morgan fingerprint density at radius 1 is 1.38 bits per heavy atom. The van der Waals surface area contributed by atoms with Gasteiger partial charge in [-0.2, -0.15) is 4.31 Å². The third-order valence-electron chi connectivity index (χ3n) is 3.37. The molecule has 1 rings (SSSR count). The van der Waals surface area contributed by atoms with Crippen LogP contribution in [0.1, 0.15) is 37.6 Å². The zero-order valence-electron chi connectivity index (χ0n) is 12.3. The predicted molar refractivity (Wildman–Crippen MR) is 82.3 cm³/mol. The fourth-order valence-corrected chi connectivity index (χ4v) is 3.65. The monoisotopic (exact) mass is 333 g/mol. The van der Waals surface area contributed by atoms with E-state index < -0.39 is 16.0 Å². The van der Waals surface area contributed by atoms with E-state index in [-0.39, 0.29) is 21.4 Å². The van der Waals surface area contributed by atoms with Gasteiger partial charge in [0.1, 0.15) is 0 Å². The Kier molecular flexibility index (Phi) is 6.19. The summed E-state index contributed by atoms with van der Waals surface area (Å²) >= 11 is 5.77. The van der Waals surface area contributed by atoms with Gasteiger partial charge in [0.05, 0.1) is 15.5 Å². The molecular formula is C14H20ClNO4S. The van der Waals surface area contributed by atoms with Gasteiger partial charge < -0.3 is 5.11 Å². The van der Waals surface area contributed by atoms with E-state index in [0.29, 0.717) is 13.1 Å². The van der Waals surface area contributed by atoms with Gasteiger partial charge in [-0.25, -0.2) is 13.2 Å². The number of rotatable bonds is 7. The number of hydrogen-bond acceptors (Lipinski definition) is 3. The van der Waals surface area contributed by atoms with Gasteiger partial charge in [0.15, 0.2) is 0 Å². The minimum atomic E-state index is -3.72. The van der Waals surface area contributed by atoms with E-state index in [9.17, 15) is 13.2 Å². The summed E-state index contributed by atoms with van der Waals surface area (Å²) in [6, 6.07) is 3.75. The summed E-state index contributed by atoms with van der Waals surface area (Å²) in [5, 5.41) is 9.06. The lowest BCUT2D eigenvalue weighted by Crippen LogP contribution is -2.34. The highest BCUT2D eigenvalue weighted by Crippen LogP contribution is 2.23. The lowest BCUT2D eigenvalue weighted by Gasteiger charge is -2.23. The Hall–Kier alpha value is -1.11. The Bertz CT molecular complexity index is 615. The van der Waals surface area contributed by atoms with E-state index >= 15 is 0 Å². The van der Waals surface area contributed by atoms with Gasteiger partial charge in [-0.3, -0.25) is 0 Å². The van der Waals surface area contributed by atoms with Gasteiger partial charge in [-0.1, -0.05) is 38.8 Å². The third kappa shape index (κ3) is 4.18. The molecule has 1 aromatic rings. The average Bonchev–Trinajstić information content (AvgIpc) is 2.43. The molecule has 0 bridgehead atoms. The second-order valence-corrected chi connectivity index (χ2v) is 7.26. The fraction of sp³-hybridized carbons (Fsp3) is 0.500. The molecule has 1 N–H and O–H groups in total. The van der Waals surface area contributed by atoms with Gasteiger partial charge in [0.2, 0.25) is 10.0 Å². The number of nitrogens with zero attached hydrogens (tertiary/aromatic N) is 1.